The van der Waals surface area contributed by atoms with E-state index in [-0.39, 0.29) is 5.69 Å². The maximum Gasteiger partial charge on any atom is 0.354 e. The van der Waals surface area contributed by atoms with E-state index in [2.05, 4.69) is 20.9 Å². The number of halogens is 1. The summed E-state index contributed by atoms with van der Waals surface area (Å²) < 4.78 is 0.838. The molecule has 0 fully saturated rings. The average molecular weight is 230 g/mol. The third-order valence-corrected chi connectivity index (χ3v) is 2.35. The monoisotopic (exact) mass is 229 g/mol. The molecule has 64 valence electrons. The van der Waals surface area contributed by atoms with Gasteiger partial charge in [-0.3, -0.25) is 0 Å². The van der Waals surface area contributed by atoms with Crippen LogP contribution in [-0.4, -0.2) is 16.1 Å². The zero-order chi connectivity index (χ0) is 9.30. The molecule has 0 unspecified atom stereocenters. The number of carboxylic acid groups (broad SMARTS) is 1. The summed E-state index contributed by atoms with van der Waals surface area (Å²) >= 11 is 3.27. The minimum Gasteiger partial charge on any atom is -0.477 e. The maximum atomic E-state index is 10.6. The van der Waals surface area contributed by atoms with Gasteiger partial charge in [-0.1, -0.05) is 0 Å². The highest BCUT2D eigenvalue weighted by Gasteiger charge is 2.10. The molecule has 0 spiro atoms. The van der Waals surface area contributed by atoms with Crippen LogP contribution in [0.15, 0.2) is 10.5 Å². The Morgan fingerprint density at radius 1 is 1.58 bits per heavy atom. The van der Waals surface area contributed by atoms with Crippen molar-refractivity contribution in [1.29, 1.82) is 0 Å². The summed E-state index contributed by atoms with van der Waals surface area (Å²) in [6.45, 7) is 3.48. The number of carboxylic acids is 1. The third kappa shape index (κ3) is 1.64. The number of aromatic nitrogens is 1. The van der Waals surface area contributed by atoms with Gasteiger partial charge < -0.3 is 5.11 Å². The Balaban J connectivity index is 3.33. The van der Waals surface area contributed by atoms with Gasteiger partial charge in [0.2, 0.25) is 0 Å². The fourth-order valence-electron chi connectivity index (χ4n) is 0.889. The van der Waals surface area contributed by atoms with E-state index in [0.717, 1.165) is 4.47 Å². The Morgan fingerprint density at radius 3 is 2.67 bits per heavy atom. The van der Waals surface area contributed by atoms with Gasteiger partial charge in [0.25, 0.3) is 0 Å². The number of hydrogen-bond donors (Lipinski definition) is 1. The minimum absolute atomic E-state index is 0.121. The number of hydrogen-bond acceptors (Lipinski definition) is 2. The number of aryl methyl sites for hydroxylation is 2. The van der Waals surface area contributed by atoms with Crippen molar-refractivity contribution >= 4 is 21.9 Å². The molecule has 1 N–H and O–H groups in total. The largest absolute Gasteiger partial charge is 0.477 e. The van der Waals surface area contributed by atoms with Crippen LogP contribution in [0.25, 0.3) is 0 Å². The number of aromatic carboxylic acids is 1. The first-order valence-corrected chi connectivity index (χ1v) is 4.18. The Bertz CT molecular complexity index is 336. The van der Waals surface area contributed by atoms with Crippen LogP contribution in [-0.2, 0) is 0 Å². The van der Waals surface area contributed by atoms with Crippen LogP contribution in [0, 0.1) is 13.8 Å². The van der Waals surface area contributed by atoms with E-state index >= 15 is 0 Å². The van der Waals surface area contributed by atoms with Gasteiger partial charge in [0.05, 0.1) is 5.69 Å². The number of carbonyl (C=O) groups is 1. The highest BCUT2D eigenvalue weighted by Crippen LogP contribution is 2.17. The fraction of sp³-hybridized carbons (Fsp3) is 0.250. The van der Waals surface area contributed by atoms with Crippen LogP contribution in [0.3, 0.4) is 0 Å². The lowest BCUT2D eigenvalue weighted by molar-refractivity contribution is 0.0689. The molecule has 1 heterocycles. The van der Waals surface area contributed by atoms with Crippen molar-refractivity contribution < 1.29 is 9.90 Å². The Morgan fingerprint density at radius 2 is 2.17 bits per heavy atom. The third-order valence-electron chi connectivity index (χ3n) is 1.54. The SMILES string of the molecule is Cc1cc(Br)c(C)nc1C(=O)O. The smallest absolute Gasteiger partial charge is 0.354 e. The second kappa shape index (κ2) is 3.23. The molecular weight excluding hydrogens is 222 g/mol. The van der Waals surface area contributed by atoms with Gasteiger partial charge in [0, 0.05) is 4.47 Å². The molecule has 0 aromatic carbocycles. The summed E-state index contributed by atoms with van der Waals surface area (Å²) in [5.74, 6) is -0.983. The van der Waals surface area contributed by atoms with Gasteiger partial charge >= 0.3 is 5.97 Å². The van der Waals surface area contributed by atoms with Crippen LogP contribution >= 0.6 is 15.9 Å². The summed E-state index contributed by atoms with van der Waals surface area (Å²) in [4.78, 5) is 14.5. The van der Waals surface area contributed by atoms with Gasteiger partial charge in [-0.2, -0.15) is 0 Å². The fourth-order valence-corrected chi connectivity index (χ4v) is 1.32. The lowest BCUT2D eigenvalue weighted by Crippen LogP contribution is -2.04. The number of pyridine rings is 1. The molecule has 0 saturated heterocycles. The van der Waals surface area contributed by atoms with Crippen LogP contribution in [0.5, 0.6) is 0 Å². The van der Waals surface area contributed by atoms with E-state index in [0.29, 0.717) is 11.3 Å². The summed E-state index contributed by atoms with van der Waals surface area (Å²) in [5.41, 5.74) is 1.48. The predicted octanol–water partition coefficient (Wildman–Crippen LogP) is 2.16. The molecule has 0 bridgehead atoms. The van der Waals surface area contributed by atoms with Gasteiger partial charge in [-0.05, 0) is 41.4 Å². The molecule has 0 radical (unpaired) electrons. The first-order chi connectivity index (χ1) is 5.52. The van der Waals surface area contributed by atoms with E-state index in [1.165, 1.54) is 0 Å². The summed E-state index contributed by atoms with van der Waals surface area (Å²) in [6.07, 6.45) is 0. The Hall–Kier alpha value is -0.900. The van der Waals surface area contributed by atoms with Crippen molar-refractivity contribution in [1.82, 2.24) is 4.98 Å². The molecular formula is C8H8BrNO2. The van der Waals surface area contributed by atoms with E-state index in [1.54, 1.807) is 19.9 Å². The van der Waals surface area contributed by atoms with Crippen LogP contribution in [0.4, 0.5) is 0 Å². The van der Waals surface area contributed by atoms with Gasteiger partial charge in [-0.25, -0.2) is 9.78 Å². The highest BCUT2D eigenvalue weighted by molar-refractivity contribution is 9.10. The Kier molecular flexibility index (Phi) is 2.47. The van der Waals surface area contributed by atoms with Crippen molar-refractivity contribution in [3.8, 4) is 0 Å². The first-order valence-electron chi connectivity index (χ1n) is 3.39. The van der Waals surface area contributed by atoms with E-state index in [9.17, 15) is 4.79 Å². The molecule has 0 aliphatic rings. The zero-order valence-corrected chi connectivity index (χ0v) is 8.34. The van der Waals surface area contributed by atoms with Crippen molar-refractivity contribution in [3.05, 3.63) is 27.5 Å². The molecule has 0 atom stereocenters. The molecule has 0 amide bonds. The molecule has 1 aromatic heterocycles. The molecule has 4 heteroatoms. The topological polar surface area (TPSA) is 50.2 Å². The lowest BCUT2D eigenvalue weighted by atomic mass is 10.2. The molecule has 3 nitrogen and oxygen atoms in total. The standard InChI is InChI=1S/C8H8BrNO2/c1-4-3-6(9)5(2)10-7(4)8(11)12/h3H,1-2H3,(H,11,12). The normalized spacial score (nSPS) is 9.92. The average Bonchev–Trinajstić information content (AvgIpc) is 1.96. The van der Waals surface area contributed by atoms with Crippen LogP contribution in [0.2, 0.25) is 0 Å². The second-order valence-electron chi connectivity index (χ2n) is 2.53. The molecule has 0 saturated carbocycles. The zero-order valence-electron chi connectivity index (χ0n) is 6.76. The predicted molar refractivity (Wildman–Crippen MR) is 48.4 cm³/mol. The molecule has 12 heavy (non-hydrogen) atoms. The van der Waals surface area contributed by atoms with Gasteiger partial charge in [-0.15, -0.1) is 0 Å². The van der Waals surface area contributed by atoms with Crippen LogP contribution in [0.1, 0.15) is 21.7 Å². The molecule has 1 rings (SSSR count). The molecule has 1 aromatic rings. The van der Waals surface area contributed by atoms with Crippen molar-refractivity contribution in [2.45, 2.75) is 13.8 Å². The van der Waals surface area contributed by atoms with Crippen molar-refractivity contribution in [2.75, 3.05) is 0 Å². The van der Waals surface area contributed by atoms with E-state index in [4.69, 9.17) is 5.11 Å². The summed E-state index contributed by atoms with van der Waals surface area (Å²) in [7, 11) is 0. The lowest BCUT2D eigenvalue weighted by Gasteiger charge is -2.02. The first kappa shape index (κ1) is 9.19. The molecule has 0 aliphatic carbocycles. The number of rotatable bonds is 1. The quantitative estimate of drug-likeness (QED) is 0.804. The van der Waals surface area contributed by atoms with Crippen molar-refractivity contribution in [2.24, 2.45) is 0 Å². The van der Waals surface area contributed by atoms with Crippen LogP contribution < -0.4 is 0 Å². The molecule has 0 aliphatic heterocycles. The Labute approximate surface area is 78.6 Å². The summed E-state index contributed by atoms with van der Waals surface area (Å²) in [5, 5.41) is 8.70. The van der Waals surface area contributed by atoms with E-state index < -0.39 is 5.97 Å². The van der Waals surface area contributed by atoms with E-state index in [1.807, 2.05) is 0 Å². The maximum absolute atomic E-state index is 10.6. The minimum atomic E-state index is -0.983. The second-order valence-corrected chi connectivity index (χ2v) is 3.38. The van der Waals surface area contributed by atoms with Gasteiger partial charge in [0.15, 0.2) is 5.69 Å². The summed E-state index contributed by atoms with van der Waals surface area (Å²) in [6, 6.07) is 1.76. The highest BCUT2D eigenvalue weighted by atomic mass is 79.9. The van der Waals surface area contributed by atoms with Crippen molar-refractivity contribution in [3.63, 3.8) is 0 Å². The van der Waals surface area contributed by atoms with Gasteiger partial charge in [0.1, 0.15) is 0 Å². The number of nitrogens with zero attached hydrogens (tertiary/aromatic N) is 1.